The first-order chi connectivity index (χ1) is 7.58. The minimum absolute atomic E-state index is 0.135. The number of aliphatic hydroxyl groups is 2. The molecule has 0 radical (unpaired) electrons. The Morgan fingerprint density at radius 1 is 1.25 bits per heavy atom. The van der Waals surface area contributed by atoms with E-state index in [0.717, 1.165) is 0 Å². The number of anilines is 1. The molecule has 1 fully saturated rings. The highest BCUT2D eigenvalue weighted by molar-refractivity contribution is 5.85. The highest BCUT2D eigenvalue weighted by atomic mass is 16.4. The molecule has 1 aliphatic rings. The largest absolute Gasteiger partial charge is 0.476 e. The van der Waals surface area contributed by atoms with Gasteiger partial charge in [-0.2, -0.15) is 0 Å². The number of β-amino-alcohol motifs (C(OH)–C–C–N with tert-alkyl or cyclic N) is 2. The van der Waals surface area contributed by atoms with E-state index in [0.29, 0.717) is 5.82 Å². The molecular formula is C9H11N3O4. The monoisotopic (exact) mass is 225 g/mol. The Morgan fingerprint density at radius 3 is 2.31 bits per heavy atom. The summed E-state index contributed by atoms with van der Waals surface area (Å²) in [5.41, 5.74) is -0.135. The van der Waals surface area contributed by atoms with Gasteiger partial charge in [-0.05, 0) is 12.1 Å². The zero-order valence-corrected chi connectivity index (χ0v) is 8.32. The number of carboxylic acids is 1. The molecule has 2 heterocycles. The van der Waals surface area contributed by atoms with Gasteiger partial charge in [0.05, 0.1) is 12.2 Å². The summed E-state index contributed by atoms with van der Waals surface area (Å²) < 4.78 is 0. The second kappa shape index (κ2) is 4.03. The molecule has 7 heteroatoms. The Morgan fingerprint density at radius 2 is 1.88 bits per heavy atom. The quantitative estimate of drug-likeness (QED) is 0.575. The lowest BCUT2D eigenvalue weighted by Gasteiger charge is -2.14. The highest BCUT2D eigenvalue weighted by Gasteiger charge is 2.30. The van der Waals surface area contributed by atoms with Crippen LogP contribution in [0.2, 0.25) is 0 Å². The standard InChI is InChI=1S/C9H11N3O4/c13-6-3-12(4-7(6)14)8-2-1-5(9(15)16)10-11-8/h1-2,6-7,13-14H,3-4H2,(H,15,16). The van der Waals surface area contributed by atoms with Gasteiger partial charge in [0.25, 0.3) is 0 Å². The summed E-state index contributed by atoms with van der Waals surface area (Å²) in [6.07, 6.45) is -1.61. The van der Waals surface area contributed by atoms with Crippen molar-refractivity contribution in [3.05, 3.63) is 17.8 Å². The summed E-state index contributed by atoms with van der Waals surface area (Å²) in [7, 11) is 0. The Bertz CT molecular complexity index is 384. The summed E-state index contributed by atoms with van der Waals surface area (Å²) in [5, 5.41) is 34.5. The molecule has 2 rings (SSSR count). The van der Waals surface area contributed by atoms with Gasteiger partial charge < -0.3 is 20.2 Å². The van der Waals surface area contributed by atoms with Crippen LogP contribution in [0.15, 0.2) is 12.1 Å². The van der Waals surface area contributed by atoms with Crippen LogP contribution in [0, 0.1) is 0 Å². The van der Waals surface area contributed by atoms with Crippen molar-refractivity contribution in [1.29, 1.82) is 0 Å². The van der Waals surface area contributed by atoms with Crippen molar-refractivity contribution in [3.63, 3.8) is 0 Å². The molecular weight excluding hydrogens is 214 g/mol. The molecule has 1 aromatic rings. The fourth-order valence-corrected chi connectivity index (χ4v) is 1.56. The Labute approximate surface area is 91.0 Å². The Kier molecular flexibility index (Phi) is 2.71. The summed E-state index contributed by atoms with van der Waals surface area (Å²) in [4.78, 5) is 12.2. The number of aromatic carboxylic acids is 1. The van der Waals surface area contributed by atoms with E-state index in [4.69, 9.17) is 5.11 Å². The van der Waals surface area contributed by atoms with Gasteiger partial charge in [-0.1, -0.05) is 0 Å². The topological polar surface area (TPSA) is 107 Å². The molecule has 0 aromatic carbocycles. The number of hydrogen-bond donors (Lipinski definition) is 3. The van der Waals surface area contributed by atoms with Gasteiger partial charge in [0.15, 0.2) is 11.5 Å². The third-order valence-corrected chi connectivity index (χ3v) is 2.45. The van der Waals surface area contributed by atoms with E-state index < -0.39 is 18.2 Å². The van der Waals surface area contributed by atoms with Gasteiger partial charge >= 0.3 is 5.97 Å². The normalized spacial score (nSPS) is 24.8. The van der Waals surface area contributed by atoms with Crippen molar-refractivity contribution >= 4 is 11.8 Å². The molecule has 7 nitrogen and oxygen atoms in total. The third kappa shape index (κ3) is 1.95. The zero-order valence-electron chi connectivity index (χ0n) is 8.32. The van der Waals surface area contributed by atoms with Gasteiger partial charge in [-0.3, -0.25) is 0 Å². The van der Waals surface area contributed by atoms with Crippen LogP contribution in [0.3, 0.4) is 0 Å². The zero-order chi connectivity index (χ0) is 11.7. The number of aliphatic hydroxyl groups excluding tert-OH is 2. The van der Waals surface area contributed by atoms with Crippen LogP contribution in [-0.2, 0) is 0 Å². The molecule has 1 saturated heterocycles. The van der Waals surface area contributed by atoms with Crippen LogP contribution < -0.4 is 4.90 Å². The molecule has 2 unspecified atom stereocenters. The van der Waals surface area contributed by atoms with Gasteiger partial charge in [0, 0.05) is 13.1 Å². The summed E-state index contributed by atoms with van der Waals surface area (Å²) in [6, 6.07) is 2.84. The molecule has 2 atom stereocenters. The molecule has 86 valence electrons. The van der Waals surface area contributed by atoms with Crippen LogP contribution in [-0.4, -0.2) is 56.8 Å². The minimum Gasteiger partial charge on any atom is -0.476 e. The van der Waals surface area contributed by atoms with E-state index >= 15 is 0 Å². The van der Waals surface area contributed by atoms with Crippen LogP contribution in [0.4, 0.5) is 5.82 Å². The maximum absolute atomic E-state index is 10.5. The number of carboxylic acid groups (broad SMARTS) is 1. The van der Waals surface area contributed by atoms with Crippen LogP contribution in [0.1, 0.15) is 10.5 Å². The maximum Gasteiger partial charge on any atom is 0.356 e. The highest BCUT2D eigenvalue weighted by Crippen LogP contribution is 2.17. The second-order valence-corrected chi connectivity index (χ2v) is 3.62. The maximum atomic E-state index is 10.5. The van der Waals surface area contributed by atoms with E-state index in [1.54, 1.807) is 4.90 Å². The second-order valence-electron chi connectivity index (χ2n) is 3.62. The van der Waals surface area contributed by atoms with Crippen molar-refractivity contribution in [1.82, 2.24) is 10.2 Å². The van der Waals surface area contributed by atoms with Crippen LogP contribution in [0.5, 0.6) is 0 Å². The molecule has 0 bridgehead atoms. The van der Waals surface area contributed by atoms with E-state index in [-0.39, 0.29) is 18.8 Å². The summed E-state index contributed by atoms with van der Waals surface area (Å²) >= 11 is 0. The van der Waals surface area contributed by atoms with E-state index in [9.17, 15) is 15.0 Å². The summed E-state index contributed by atoms with van der Waals surface area (Å²) in [6.45, 7) is 0.532. The molecule has 1 aliphatic heterocycles. The van der Waals surface area contributed by atoms with Gasteiger partial charge in [0.2, 0.25) is 0 Å². The Hall–Kier alpha value is -1.73. The van der Waals surface area contributed by atoms with Crippen molar-refractivity contribution in [2.75, 3.05) is 18.0 Å². The average Bonchev–Trinajstić information content (AvgIpc) is 2.59. The fraction of sp³-hybridized carbons (Fsp3) is 0.444. The lowest BCUT2D eigenvalue weighted by molar-refractivity contribution is 0.0572. The molecule has 16 heavy (non-hydrogen) atoms. The number of rotatable bonds is 2. The third-order valence-electron chi connectivity index (χ3n) is 2.45. The van der Waals surface area contributed by atoms with E-state index in [2.05, 4.69) is 10.2 Å². The molecule has 0 aliphatic carbocycles. The smallest absolute Gasteiger partial charge is 0.356 e. The Balaban J connectivity index is 2.14. The van der Waals surface area contributed by atoms with Crippen molar-refractivity contribution in [2.24, 2.45) is 0 Å². The van der Waals surface area contributed by atoms with Crippen LogP contribution in [0.25, 0.3) is 0 Å². The minimum atomic E-state index is -1.14. The van der Waals surface area contributed by atoms with Gasteiger partial charge in [0.1, 0.15) is 0 Å². The summed E-state index contributed by atoms with van der Waals surface area (Å²) in [5.74, 6) is -0.693. The number of carbonyl (C=O) groups is 1. The van der Waals surface area contributed by atoms with E-state index in [1.165, 1.54) is 12.1 Å². The fourth-order valence-electron chi connectivity index (χ4n) is 1.56. The SMILES string of the molecule is O=C(O)c1ccc(N2CC(O)C(O)C2)nn1. The first kappa shape index (κ1) is 10.8. The number of aromatic nitrogens is 2. The average molecular weight is 225 g/mol. The number of nitrogens with zero attached hydrogens (tertiary/aromatic N) is 3. The molecule has 0 saturated carbocycles. The predicted molar refractivity (Wildman–Crippen MR) is 53.2 cm³/mol. The first-order valence-corrected chi connectivity index (χ1v) is 4.76. The van der Waals surface area contributed by atoms with Crippen LogP contribution >= 0.6 is 0 Å². The van der Waals surface area contributed by atoms with Crippen molar-refractivity contribution in [3.8, 4) is 0 Å². The van der Waals surface area contributed by atoms with Crippen molar-refractivity contribution in [2.45, 2.75) is 12.2 Å². The number of hydrogen-bond acceptors (Lipinski definition) is 6. The lowest BCUT2D eigenvalue weighted by atomic mass is 10.3. The predicted octanol–water partition coefficient (Wildman–Crippen LogP) is -1.28. The molecule has 0 spiro atoms. The van der Waals surface area contributed by atoms with Gasteiger partial charge in [-0.25, -0.2) is 4.79 Å². The molecule has 3 N–H and O–H groups in total. The lowest BCUT2D eigenvalue weighted by Crippen LogP contribution is -2.22. The van der Waals surface area contributed by atoms with Gasteiger partial charge in [-0.15, -0.1) is 10.2 Å². The molecule has 0 amide bonds. The van der Waals surface area contributed by atoms with E-state index in [1.807, 2.05) is 0 Å². The first-order valence-electron chi connectivity index (χ1n) is 4.76. The molecule has 1 aromatic heterocycles. The van der Waals surface area contributed by atoms with Crippen molar-refractivity contribution < 1.29 is 20.1 Å².